The third-order valence-electron chi connectivity index (χ3n) is 6.32. The number of carbonyl (C=O) groups excluding carboxylic acids is 1. The Balaban J connectivity index is 1.54. The number of hydrogen-bond acceptors (Lipinski definition) is 9. The molecule has 1 aliphatic rings. The molecule has 2 aromatic heterocycles. The van der Waals surface area contributed by atoms with Gasteiger partial charge in [-0.1, -0.05) is 36.9 Å². The van der Waals surface area contributed by atoms with Crippen LogP contribution in [0.1, 0.15) is 15.2 Å². The number of amides is 1. The Bertz CT molecular complexity index is 1720. The summed E-state index contributed by atoms with van der Waals surface area (Å²) in [6, 6.07) is 13.9. The Morgan fingerprint density at radius 3 is 2.78 bits per heavy atom. The molecule has 0 atom stereocenters. The van der Waals surface area contributed by atoms with E-state index in [-0.39, 0.29) is 23.9 Å². The first-order valence-corrected chi connectivity index (χ1v) is 12.7. The molecule has 0 unspecified atom stereocenters. The maximum Gasteiger partial charge on any atom is 0.247 e. The van der Waals surface area contributed by atoms with Crippen LogP contribution in [0.15, 0.2) is 73.6 Å². The SMILES string of the molecule is [2H]C([2H])N(Cc1cn(-c2ccnc(Nc3cc(NC(=O)C=C)c(N4CCOCC4)cc3OC([2H])([2H])[2H])n2)nc1-c1ccccc1)C([2H])[2H]. The average Bonchev–Trinajstić information content (AvgIpc) is 3.49. The largest absolute Gasteiger partial charge is 0.494 e. The summed E-state index contributed by atoms with van der Waals surface area (Å²) in [5, 5.41) is 10.5. The van der Waals surface area contributed by atoms with Gasteiger partial charge in [0.25, 0.3) is 0 Å². The predicted octanol–water partition coefficient (Wildman–Crippen LogP) is 4.10. The van der Waals surface area contributed by atoms with Crippen molar-refractivity contribution in [2.45, 2.75) is 6.54 Å². The second-order valence-corrected chi connectivity index (χ2v) is 9.11. The van der Waals surface area contributed by atoms with Gasteiger partial charge in [-0.25, -0.2) is 9.67 Å². The van der Waals surface area contributed by atoms with E-state index in [2.05, 4.69) is 27.2 Å². The number of nitrogens with zero attached hydrogens (tertiary/aromatic N) is 6. The van der Waals surface area contributed by atoms with Crippen molar-refractivity contribution in [2.75, 3.05) is 62.9 Å². The molecular weight excluding hydrogens is 520 g/mol. The van der Waals surface area contributed by atoms with Gasteiger partial charge >= 0.3 is 0 Å². The zero-order valence-corrected chi connectivity index (χ0v) is 22.2. The number of anilines is 4. The number of nitrogens with one attached hydrogen (secondary N) is 2. The Labute approximate surface area is 249 Å². The molecule has 0 aliphatic carbocycles. The van der Waals surface area contributed by atoms with E-state index in [4.69, 9.17) is 24.2 Å². The first-order valence-electron chi connectivity index (χ1n) is 16.5. The molecule has 5 rings (SSSR count). The fraction of sp³-hybridized carbons (Fsp3) is 0.267. The van der Waals surface area contributed by atoms with Crippen LogP contribution in [0.4, 0.5) is 23.0 Å². The number of ether oxygens (including phenoxy) is 2. The summed E-state index contributed by atoms with van der Waals surface area (Å²) in [5.74, 6) is -0.134. The van der Waals surface area contributed by atoms with Crippen LogP contribution < -0.4 is 20.3 Å². The van der Waals surface area contributed by atoms with Crippen molar-refractivity contribution in [1.29, 1.82) is 0 Å². The minimum absolute atomic E-state index is 0.0318. The van der Waals surface area contributed by atoms with E-state index in [1.807, 2.05) is 35.2 Å². The number of benzene rings is 2. The summed E-state index contributed by atoms with van der Waals surface area (Å²) in [6.07, 6.45) is 4.25. The molecule has 2 N–H and O–H groups in total. The number of rotatable bonds is 10. The molecule has 41 heavy (non-hydrogen) atoms. The van der Waals surface area contributed by atoms with Gasteiger partial charge in [0.05, 0.1) is 47.1 Å². The minimum atomic E-state index is -2.80. The first kappa shape index (κ1) is 20.2. The van der Waals surface area contributed by atoms with Crippen molar-refractivity contribution < 1.29 is 23.9 Å². The first-order chi connectivity index (χ1) is 22.9. The van der Waals surface area contributed by atoms with E-state index >= 15 is 0 Å². The van der Waals surface area contributed by atoms with Crippen molar-refractivity contribution in [2.24, 2.45) is 0 Å². The van der Waals surface area contributed by atoms with E-state index in [9.17, 15) is 4.79 Å². The van der Waals surface area contributed by atoms with Crippen LogP contribution in [0.5, 0.6) is 5.75 Å². The molecule has 3 heterocycles. The van der Waals surface area contributed by atoms with Gasteiger partial charge in [0.1, 0.15) is 5.75 Å². The summed E-state index contributed by atoms with van der Waals surface area (Å²) in [5.41, 5.74) is 2.90. The van der Waals surface area contributed by atoms with Crippen LogP contribution in [-0.4, -0.2) is 77.9 Å². The van der Waals surface area contributed by atoms with Crippen LogP contribution in [-0.2, 0) is 16.1 Å². The third-order valence-corrected chi connectivity index (χ3v) is 6.32. The molecule has 0 bridgehead atoms. The fourth-order valence-electron chi connectivity index (χ4n) is 4.44. The van der Waals surface area contributed by atoms with Gasteiger partial charge in [0.15, 0.2) is 5.82 Å². The molecule has 2 aromatic carbocycles. The van der Waals surface area contributed by atoms with Crippen molar-refractivity contribution in [3.63, 3.8) is 0 Å². The van der Waals surface area contributed by atoms with Gasteiger partial charge in [-0.3, -0.25) is 4.79 Å². The van der Waals surface area contributed by atoms with Crippen LogP contribution in [0.2, 0.25) is 0 Å². The van der Waals surface area contributed by atoms with Crippen molar-refractivity contribution >= 4 is 28.9 Å². The molecule has 4 aromatic rings. The topological polar surface area (TPSA) is 110 Å². The van der Waals surface area contributed by atoms with Crippen molar-refractivity contribution in [3.05, 3.63) is 79.1 Å². The average molecular weight is 562 g/mol. The van der Waals surface area contributed by atoms with Gasteiger partial charge in [-0.05, 0) is 26.1 Å². The molecular formula is C30H34N8O3. The molecule has 1 amide bonds. The molecule has 11 nitrogen and oxygen atoms in total. The Morgan fingerprint density at radius 2 is 2.02 bits per heavy atom. The summed E-state index contributed by atoms with van der Waals surface area (Å²) in [4.78, 5) is 24.3. The summed E-state index contributed by atoms with van der Waals surface area (Å²) in [7, 11) is -2.80. The van der Waals surface area contributed by atoms with Crippen LogP contribution in [0, 0.1) is 0 Å². The van der Waals surface area contributed by atoms with Gasteiger partial charge in [-0.2, -0.15) is 10.1 Å². The Hall–Kier alpha value is -4.74. The monoisotopic (exact) mass is 561 g/mol. The van der Waals surface area contributed by atoms with Gasteiger partial charge in [0.2, 0.25) is 11.9 Å². The second-order valence-electron chi connectivity index (χ2n) is 9.11. The number of aromatic nitrogens is 4. The lowest BCUT2D eigenvalue weighted by atomic mass is 10.1. The number of morpholine rings is 1. The molecule has 212 valence electrons. The molecule has 0 saturated carbocycles. The molecule has 11 heteroatoms. The highest BCUT2D eigenvalue weighted by Gasteiger charge is 2.20. The van der Waals surface area contributed by atoms with Gasteiger partial charge in [0, 0.05) is 60.8 Å². The van der Waals surface area contributed by atoms with Crippen molar-refractivity contribution in [3.8, 4) is 22.8 Å². The highest BCUT2D eigenvalue weighted by atomic mass is 16.5. The molecule has 1 aliphatic heterocycles. The lowest BCUT2D eigenvalue weighted by molar-refractivity contribution is -0.111. The zero-order valence-electron chi connectivity index (χ0n) is 29.2. The molecule has 1 saturated heterocycles. The van der Waals surface area contributed by atoms with E-state index in [0.717, 1.165) is 16.5 Å². The van der Waals surface area contributed by atoms with Crippen molar-refractivity contribution in [1.82, 2.24) is 24.6 Å². The normalized spacial score (nSPS) is 16.2. The lowest BCUT2D eigenvalue weighted by Crippen LogP contribution is -2.36. The summed E-state index contributed by atoms with van der Waals surface area (Å²) in [6.45, 7) is 2.28. The highest BCUT2D eigenvalue weighted by Crippen LogP contribution is 2.38. The van der Waals surface area contributed by atoms with Gasteiger partial charge in [-0.15, -0.1) is 0 Å². The smallest absolute Gasteiger partial charge is 0.247 e. The second kappa shape index (κ2) is 12.6. The highest BCUT2D eigenvalue weighted by molar-refractivity contribution is 6.02. The number of methoxy groups -OCH3 is 1. The van der Waals surface area contributed by atoms with Crippen LogP contribution >= 0.6 is 0 Å². The maximum atomic E-state index is 12.4. The quantitative estimate of drug-likeness (QED) is 0.277. The van der Waals surface area contributed by atoms with E-state index in [0.29, 0.717) is 54.8 Å². The molecule has 0 spiro atoms. The maximum absolute atomic E-state index is 12.4. The third kappa shape index (κ3) is 6.53. The molecule has 0 radical (unpaired) electrons. The van der Waals surface area contributed by atoms with E-state index in [1.54, 1.807) is 12.3 Å². The summed E-state index contributed by atoms with van der Waals surface area (Å²) < 4.78 is 66.9. The molecule has 1 fully saturated rings. The Morgan fingerprint density at radius 1 is 1.20 bits per heavy atom. The Kier molecular flexibility index (Phi) is 6.21. The number of carbonyl (C=O) groups is 1. The summed E-state index contributed by atoms with van der Waals surface area (Å²) >= 11 is 0. The van der Waals surface area contributed by atoms with Crippen LogP contribution in [0.25, 0.3) is 17.1 Å². The van der Waals surface area contributed by atoms with Gasteiger partial charge < -0.3 is 29.9 Å². The number of hydrogen-bond donors (Lipinski definition) is 2. The minimum Gasteiger partial charge on any atom is -0.494 e. The van der Waals surface area contributed by atoms with E-state index in [1.165, 1.54) is 23.0 Å². The zero-order chi connectivity index (χ0) is 34.4. The predicted molar refractivity (Wildman–Crippen MR) is 160 cm³/mol. The standard InChI is InChI=1S/C30H34N8O3/c1-5-28(39)32-23-17-24(26(40-4)18-25(23)37-13-15-41-16-14-37)33-30-31-12-11-27(34-30)38-20-22(19-36(2)3)29(35-38)21-9-7-6-8-10-21/h5-12,17-18,20H,1,13-16,19H2,2-4H3,(H,32,39)(H,31,33,34)/i2D2,3D2,4D3. The van der Waals surface area contributed by atoms with Crippen LogP contribution in [0.3, 0.4) is 0 Å². The van der Waals surface area contributed by atoms with E-state index < -0.39 is 26.9 Å². The lowest BCUT2D eigenvalue weighted by Gasteiger charge is -2.31. The fourth-order valence-corrected chi connectivity index (χ4v) is 4.44.